The van der Waals surface area contributed by atoms with E-state index in [0.717, 1.165) is 29.7 Å². The minimum Gasteiger partial charge on any atom is -0.490 e. The maximum absolute atomic E-state index is 12.6. The van der Waals surface area contributed by atoms with Crippen LogP contribution in [0.3, 0.4) is 0 Å². The van der Waals surface area contributed by atoms with Crippen LogP contribution in [0.4, 0.5) is 0 Å². The molecule has 164 valence electrons. The van der Waals surface area contributed by atoms with Crippen molar-refractivity contribution in [3.8, 4) is 17.2 Å². The molecular formula is C27H32O4. The van der Waals surface area contributed by atoms with Crippen molar-refractivity contribution in [2.45, 2.75) is 33.1 Å². The molecule has 2 aromatic carbocycles. The van der Waals surface area contributed by atoms with Gasteiger partial charge in [-0.1, -0.05) is 38.7 Å². The molecule has 2 rings (SSSR count). The van der Waals surface area contributed by atoms with Gasteiger partial charge in [-0.15, -0.1) is 6.58 Å². The maximum atomic E-state index is 12.6. The van der Waals surface area contributed by atoms with Crippen LogP contribution in [0.5, 0.6) is 17.2 Å². The summed E-state index contributed by atoms with van der Waals surface area (Å²) < 4.78 is 17.4. The molecule has 0 N–H and O–H groups in total. The highest BCUT2D eigenvalue weighted by atomic mass is 16.5. The number of ketones is 1. The lowest BCUT2D eigenvalue weighted by atomic mass is 10.0. The first kappa shape index (κ1) is 24.0. The van der Waals surface area contributed by atoms with Gasteiger partial charge in [-0.25, -0.2) is 0 Å². The predicted octanol–water partition coefficient (Wildman–Crippen LogP) is 6.45. The predicted molar refractivity (Wildman–Crippen MR) is 127 cm³/mol. The summed E-state index contributed by atoms with van der Waals surface area (Å²) in [6.07, 6.45) is 9.36. The zero-order valence-corrected chi connectivity index (χ0v) is 18.6. The van der Waals surface area contributed by atoms with Crippen molar-refractivity contribution in [2.75, 3.05) is 19.8 Å². The molecule has 0 radical (unpaired) electrons. The molecule has 0 heterocycles. The van der Waals surface area contributed by atoms with Gasteiger partial charge in [0, 0.05) is 11.1 Å². The number of rotatable bonds is 14. The van der Waals surface area contributed by atoms with E-state index in [-0.39, 0.29) is 5.78 Å². The Labute approximate surface area is 185 Å². The van der Waals surface area contributed by atoms with Crippen molar-refractivity contribution >= 4 is 11.9 Å². The Kier molecular flexibility index (Phi) is 10.2. The van der Waals surface area contributed by atoms with Gasteiger partial charge in [-0.3, -0.25) is 4.79 Å². The SMILES string of the molecule is C=CCOc1ccc(C(=O)C=Cc2cc(CC=C)c(OCCC)c(OCCC)c2)cc1. The third-order valence-corrected chi connectivity index (χ3v) is 4.36. The van der Waals surface area contributed by atoms with Gasteiger partial charge in [0.25, 0.3) is 0 Å². The summed E-state index contributed by atoms with van der Waals surface area (Å²) in [5.41, 5.74) is 2.47. The summed E-state index contributed by atoms with van der Waals surface area (Å²) >= 11 is 0. The van der Waals surface area contributed by atoms with Crippen LogP contribution in [0.2, 0.25) is 0 Å². The fourth-order valence-electron chi connectivity index (χ4n) is 2.91. The van der Waals surface area contributed by atoms with Crippen LogP contribution in [-0.4, -0.2) is 25.6 Å². The van der Waals surface area contributed by atoms with E-state index in [0.29, 0.717) is 43.3 Å². The molecule has 0 fully saturated rings. The summed E-state index contributed by atoms with van der Waals surface area (Å²) in [5, 5.41) is 0. The molecule has 0 aliphatic rings. The van der Waals surface area contributed by atoms with Gasteiger partial charge in [0.1, 0.15) is 12.4 Å². The minimum absolute atomic E-state index is 0.0807. The van der Waals surface area contributed by atoms with Gasteiger partial charge >= 0.3 is 0 Å². The first-order valence-corrected chi connectivity index (χ1v) is 10.7. The third kappa shape index (κ3) is 7.49. The zero-order chi connectivity index (χ0) is 22.5. The van der Waals surface area contributed by atoms with Crippen molar-refractivity contribution in [2.24, 2.45) is 0 Å². The van der Waals surface area contributed by atoms with Crippen LogP contribution in [0.15, 0.2) is 67.8 Å². The Bertz CT molecular complexity index is 894. The van der Waals surface area contributed by atoms with Crippen molar-refractivity contribution in [3.05, 3.63) is 84.5 Å². The van der Waals surface area contributed by atoms with Crippen molar-refractivity contribution in [3.63, 3.8) is 0 Å². The van der Waals surface area contributed by atoms with Crippen LogP contribution >= 0.6 is 0 Å². The lowest BCUT2D eigenvalue weighted by Gasteiger charge is -2.17. The van der Waals surface area contributed by atoms with Crippen LogP contribution in [0.1, 0.15) is 48.2 Å². The lowest BCUT2D eigenvalue weighted by molar-refractivity contribution is 0.104. The first-order chi connectivity index (χ1) is 15.1. The van der Waals surface area contributed by atoms with Crippen LogP contribution in [0.25, 0.3) is 6.08 Å². The van der Waals surface area contributed by atoms with Gasteiger partial charge in [0.15, 0.2) is 17.3 Å². The molecule has 0 amide bonds. The van der Waals surface area contributed by atoms with Gasteiger partial charge in [0.2, 0.25) is 0 Å². The molecule has 0 spiro atoms. The Hall–Kier alpha value is -3.27. The fraction of sp³-hybridized carbons (Fsp3) is 0.296. The van der Waals surface area contributed by atoms with Gasteiger partial charge in [0.05, 0.1) is 13.2 Å². The summed E-state index contributed by atoms with van der Waals surface area (Å²) in [7, 11) is 0. The molecule has 4 nitrogen and oxygen atoms in total. The average Bonchev–Trinajstić information content (AvgIpc) is 2.79. The molecule has 31 heavy (non-hydrogen) atoms. The van der Waals surface area contributed by atoms with Gasteiger partial charge in [-0.05, 0) is 67.3 Å². The van der Waals surface area contributed by atoms with E-state index < -0.39 is 0 Å². The normalized spacial score (nSPS) is 10.6. The van der Waals surface area contributed by atoms with Crippen molar-refractivity contribution < 1.29 is 19.0 Å². The smallest absolute Gasteiger partial charge is 0.185 e. The number of hydrogen-bond donors (Lipinski definition) is 0. The number of carbonyl (C=O) groups excluding carboxylic acids is 1. The highest BCUT2D eigenvalue weighted by molar-refractivity contribution is 6.06. The second-order valence-electron chi connectivity index (χ2n) is 7.02. The molecule has 0 aromatic heterocycles. The molecule has 0 bridgehead atoms. The van der Waals surface area contributed by atoms with Crippen molar-refractivity contribution in [1.82, 2.24) is 0 Å². The van der Waals surface area contributed by atoms with Crippen LogP contribution in [-0.2, 0) is 6.42 Å². The first-order valence-electron chi connectivity index (χ1n) is 10.7. The highest BCUT2D eigenvalue weighted by Gasteiger charge is 2.13. The number of hydrogen-bond acceptors (Lipinski definition) is 4. The number of allylic oxidation sites excluding steroid dienone is 2. The van der Waals surface area contributed by atoms with E-state index in [9.17, 15) is 4.79 Å². The number of benzene rings is 2. The molecule has 0 aliphatic carbocycles. The topological polar surface area (TPSA) is 44.8 Å². The Morgan fingerprint density at radius 3 is 2.29 bits per heavy atom. The van der Waals surface area contributed by atoms with E-state index in [1.807, 2.05) is 18.2 Å². The average molecular weight is 421 g/mol. The summed E-state index contributed by atoms with van der Waals surface area (Å²) in [6, 6.07) is 11.0. The maximum Gasteiger partial charge on any atom is 0.185 e. The summed E-state index contributed by atoms with van der Waals surface area (Å²) in [5.74, 6) is 2.08. The second-order valence-corrected chi connectivity index (χ2v) is 7.02. The fourth-order valence-corrected chi connectivity index (χ4v) is 2.91. The lowest BCUT2D eigenvalue weighted by Crippen LogP contribution is -2.04. The quantitative estimate of drug-likeness (QED) is 0.200. The van der Waals surface area contributed by atoms with Crippen LogP contribution < -0.4 is 14.2 Å². The van der Waals surface area contributed by atoms with E-state index in [1.54, 1.807) is 42.5 Å². The standard InChI is InChI=1S/C27H32O4/c1-5-9-23-19-21(20-26(30-17-7-3)27(23)31-18-8-4)10-15-25(28)22-11-13-24(14-12-22)29-16-6-2/h5-6,10-15,19-20H,1-2,7-9,16-18H2,3-4H3. The molecule has 0 saturated carbocycles. The molecule has 0 saturated heterocycles. The highest BCUT2D eigenvalue weighted by Crippen LogP contribution is 2.34. The van der Waals surface area contributed by atoms with Gasteiger partial charge in [-0.2, -0.15) is 0 Å². The molecular weight excluding hydrogens is 388 g/mol. The number of ether oxygens (including phenoxy) is 3. The Morgan fingerprint density at radius 1 is 0.935 bits per heavy atom. The third-order valence-electron chi connectivity index (χ3n) is 4.36. The van der Waals surface area contributed by atoms with E-state index in [1.165, 1.54) is 0 Å². The molecule has 0 unspecified atom stereocenters. The minimum atomic E-state index is -0.0807. The largest absolute Gasteiger partial charge is 0.490 e. The monoisotopic (exact) mass is 420 g/mol. The summed E-state index contributed by atoms with van der Waals surface area (Å²) in [4.78, 5) is 12.6. The van der Waals surface area contributed by atoms with E-state index in [2.05, 4.69) is 27.0 Å². The zero-order valence-electron chi connectivity index (χ0n) is 18.6. The number of carbonyl (C=O) groups is 1. The Morgan fingerprint density at radius 2 is 1.65 bits per heavy atom. The van der Waals surface area contributed by atoms with Crippen molar-refractivity contribution in [1.29, 1.82) is 0 Å². The molecule has 0 atom stereocenters. The molecule has 2 aromatic rings. The summed E-state index contributed by atoms with van der Waals surface area (Å²) in [6.45, 7) is 13.3. The van der Waals surface area contributed by atoms with E-state index in [4.69, 9.17) is 14.2 Å². The molecule has 0 aliphatic heterocycles. The van der Waals surface area contributed by atoms with Gasteiger partial charge < -0.3 is 14.2 Å². The Balaban J connectivity index is 2.26. The van der Waals surface area contributed by atoms with Crippen LogP contribution in [0, 0.1) is 0 Å². The van der Waals surface area contributed by atoms with E-state index >= 15 is 0 Å². The second kappa shape index (κ2) is 13.1. The molecule has 4 heteroatoms.